The third-order valence-corrected chi connectivity index (χ3v) is 4.91. The van der Waals surface area contributed by atoms with E-state index in [1.807, 2.05) is 40.7 Å². The van der Waals surface area contributed by atoms with Gasteiger partial charge in [-0.25, -0.2) is 4.79 Å². The molecule has 1 aromatic rings. The third-order valence-electron chi connectivity index (χ3n) is 3.98. The van der Waals surface area contributed by atoms with Gasteiger partial charge in [-0.05, 0) is 64.6 Å². The second-order valence-corrected chi connectivity index (χ2v) is 8.14. The number of rotatable bonds is 3. The number of aromatic nitrogens is 1. The summed E-state index contributed by atoms with van der Waals surface area (Å²) in [6.45, 7) is 10.2. The molecule has 134 valence electrons. The van der Waals surface area contributed by atoms with Crippen LogP contribution in [0.15, 0.2) is 6.07 Å². The van der Waals surface area contributed by atoms with Crippen molar-refractivity contribution in [3.05, 3.63) is 16.6 Å². The number of hydrogen-bond acceptors (Lipinski definition) is 5. The highest BCUT2D eigenvalue weighted by atomic mass is 32.1. The lowest BCUT2D eigenvalue weighted by Gasteiger charge is -2.38. The molecule has 0 unspecified atom stereocenters. The van der Waals surface area contributed by atoms with Crippen molar-refractivity contribution in [2.24, 2.45) is 0 Å². The van der Waals surface area contributed by atoms with Crippen LogP contribution in [0.1, 0.15) is 62.8 Å². The zero-order valence-corrected chi connectivity index (χ0v) is 15.9. The topological polar surface area (TPSA) is 71.5 Å². The van der Waals surface area contributed by atoms with E-state index < -0.39 is 5.60 Å². The minimum absolute atomic E-state index is 0.0283. The normalized spacial score (nSPS) is 21.5. The fraction of sp³-hybridized carbons (Fsp3) is 0.706. The number of piperidine rings is 1. The smallest absolute Gasteiger partial charge is 0.410 e. The molecule has 1 saturated heterocycles. The lowest BCUT2D eigenvalue weighted by molar-refractivity contribution is 0.00960. The molecule has 2 rings (SSSR count). The van der Waals surface area contributed by atoms with Gasteiger partial charge in [0.25, 0.3) is 5.91 Å². The number of carbonyl (C=O) groups excluding carboxylic acids is 2. The van der Waals surface area contributed by atoms with Gasteiger partial charge in [0.2, 0.25) is 0 Å². The lowest BCUT2D eigenvalue weighted by atomic mass is 9.98. The van der Waals surface area contributed by atoms with Crippen LogP contribution in [-0.4, -0.2) is 45.5 Å². The summed E-state index contributed by atoms with van der Waals surface area (Å²) in [7, 11) is 0. The maximum absolute atomic E-state index is 12.3. The molecule has 0 bridgehead atoms. The van der Waals surface area contributed by atoms with E-state index in [9.17, 15) is 9.59 Å². The standard InChI is InChI=1S/C17H27N3O3S/c1-6-13-10-14(19-24-13)15(21)18-12-7-8-20(11(2)9-12)16(22)23-17(3,4)5/h10-12H,6-9H2,1-5H3,(H,18,21)/t11-,12+/m0/s1. The fourth-order valence-corrected chi connectivity index (χ4v) is 3.39. The van der Waals surface area contributed by atoms with Crippen LogP contribution in [-0.2, 0) is 11.2 Å². The Hall–Kier alpha value is -1.63. The van der Waals surface area contributed by atoms with Gasteiger partial charge in [-0.2, -0.15) is 4.37 Å². The number of nitrogens with zero attached hydrogens (tertiary/aromatic N) is 2. The summed E-state index contributed by atoms with van der Waals surface area (Å²) < 4.78 is 9.64. The number of carbonyl (C=O) groups is 2. The van der Waals surface area contributed by atoms with Crippen molar-refractivity contribution < 1.29 is 14.3 Å². The summed E-state index contributed by atoms with van der Waals surface area (Å²) in [4.78, 5) is 27.3. The Bertz CT molecular complexity index is 594. The van der Waals surface area contributed by atoms with E-state index in [0.717, 1.165) is 24.1 Å². The summed E-state index contributed by atoms with van der Waals surface area (Å²) in [6, 6.07) is 1.93. The summed E-state index contributed by atoms with van der Waals surface area (Å²) in [5, 5.41) is 3.04. The van der Waals surface area contributed by atoms with Crippen molar-refractivity contribution in [2.75, 3.05) is 6.54 Å². The number of aryl methyl sites for hydroxylation is 1. The van der Waals surface area contributed by atoms with Crippen LogP contribution in [0.4, 0.5) is 4.79 Å². The van der Waals surface area contributed by atoms with E-state index >= 15 is 0 Å². The van der Waals surface area contributed by atoms with Crippen LogP contribution in [0.2, 0.25) is 0 Å². The molecule has 0 aromatic carbocycles. The Balaban J connectivity index is 1.88. The van der Waals surface area contributed by atoms with Gasteiger partial charge in [0.05, 0.1) is 0 Å². The molecule has 1 aliphatic heterocycles. The van der Waals surface area contributed by atoms with Gasteiger partial charge in [-0.1, -0.05) is 6.92 Å². The molecule has 0 spiro atoms. The summed E-state index contributed by atoms with van der Waals surface area (Å²) >= 11 is 1.37. The first-order valence-electron chi connectivity index (χ1n) is 8.45. The molecule has 2 heterocycles. The molecule has 0 radical (unpaired) electrons. The highest BCUT2D eigenvalue weighted by molar-refractivity contribution is 7.05. The van der Waals surface area contributed by atoms with Crippen LogP contribution >= 0.6 is 11.5 Å². The lowest BCUT2D eigenvalue weighted by Crippen LogP contribution is -2.52. The molecule has 1 aliphatic rings. The van der Waals surface area contributed by atoms with Gasteiger partial charge in [0, 0.05) is 23.5 Å². The van der Waals surface area contributed by atoms with Gasteiger partial charge in [0.1, 0.15) is 11.3 Å². The fourth-order valence-electron chi connectivity index (χ4n) is 2.74. The predicted octanol–water partition coefficient (Wildman–Crippen LogP) is 3.22. The summed E-state index contributed by atoms with van der Waals surface area (Å²) in [5.41, 5.74) is -0.0113. The molecule has 7 heteroatoms. The predicted molar refractivity (Wildman–Crippen MR) is 94.4 cm³/mol. The van der Waals surface area contributed by atoms with Crippen LogP contribution in [0.25, 0.3) is 0 Å². The van der Waals surface area contributed by atoms with Gasteiger partial charge in [-0.15, -0.1) is 0 Å². The molecular formula is C17H27N3O3S. The second-order valence-electron chi connectivity index (χ2n) is 7.25. The maximum Gasteiger partial charge on any atom is 0.410 e. The maximum atomic E-state index is 12.3. The Morgan fingerprint density at radius 1 is 1.46 bits per heavy atom. The van der Waals surface area contributed by atoms with Crippen LogP contribution in [0.5, 0.6) is 0 Å². The van der Waals surface area contributed by atoms with Crippen molar-refractivity contribution in [1.82, 2.24) is 14.6 Å². The quantitative estimate of drug-likeness (QED) is 0.906. The van der Waals surface area contributed by atoms with Crippen molar-refractivity contribution in [3.63, 3.8) is 0 Å². The number of likely N-dealkylation sites (tertiary alicyclic amines) is 1. The Morgan fingerprint density at radius 3 is 2.71 bits per heavy atom. The second kappa shape index (κ2) is 7.51. The van der Waals surface area contributed by atoms with Gasteiger partial charge < -0.3 is 15.0 Å². The Labute approximate surface area is 147 Å². The van der Waals surface area contributed by atoms with E-state index in [0.29, 0.717) is 12.2 Å². The van der Waals surface area contributed by atoms with Gasteiger partial charge in [0.15, 0.2) is 0 Å². The molecule has 2 atom stereocenters. The SMILES string of the molecule is CCc1cc(C(=O)N[C@@H]2CCN(C(=O)OC(C)(C)C)[C@@H](C)C2)ns1. The highest BCUT2D eigenvalue weighted by Crippen LogP contribution is 2.21. The zero-order chi connectivity index (χ0) is 17.9. The van der Waals surface area contributed by atoms with Crippen LogP contribution < -0.4 is 5.32 Å². The first kappa shape index (κ1) is 18.7. The average Bonchev–Trinajstić information content (AvgIpc) is 2.94. The van der Waals surface area contributed by atoms with Crippen LogP contribution in [0.3, 0.4) is 0 Å². The van der Waals surface area contributed by atoms with Crippen molar-refractivity contribution >= 4 is 23.5 Å². The summed E-state index contributed by atoms with van der Waals surface area (Å²) in [5.74, 6) is -0.131. The molecular weight excluding hydrogens is 326 g/mol. The van der Waals surface area contributed by atoms with Crippen molar-refractivity contribution in [3.8, 4) is 0 Å². The number of hydrogen-bond donors (Lipinski definition) is 1. The van der Waals surface area contributed by atoms with Gasteiger partial charge >= 0.3 is 6.09 Å². The third kappa shape index (κ3) is 4.93. The molecule has 0 saturated carbocycles. The molecule has 0 aliphatic carbocycles. The first-order chi connectivity index (χ1) is 11.2. The first-order valence-corrected chi connectivity index (χ1v) is 9.23. The molecule has 2 amide bonds. The van der Waals surface area contributed by atoms with E-state index in [1.165, 1.54) is 11.5 Å². The molecule has 24 heavy (non-hydrogen) atoms. The van der Waals surface area contributed by atoms with E-state index in [2.05, 4.69) is 9.69 Å². The zero-order valence-electron chi connectivity index (χ0n) is 15.1. The molecule has 1 fully saturated rings. The average molecular weight is 353 g/mol. The van der Waals surface area contributed by atoms with E-state index in [-0.39, 0.29) is 24.1 Å². The minimum atomic E-state index is -0.497. The van der Waals surface area contributed by atoms with Gasteiger partial charge in [-0.3, -0.25) is 4.79 Å². The number of nitrogens with one attached hydrogen (secondary N) is 1. The number of ether oxygens (including phenoxy) is 1. The largest absolute Gasteiger partial charge is 0.444 e. The molecule has 6 nitrogen and oxygen atoms in total. The Kier molecular flexibility index (Phi) is 5.85. The Morgan fingerprint density at radius 2 is 2.17 bits per heavy atom. The summed E-state index contributed by atoms with van der Waals surface area (Å²) in [6.07, 6.45) is 2.04. The highest BCUT2D eigenvalue weighted by Gasteiger charge is 2.32. The van der Waals surface area contributed by atoms with Crippen molar-refractivity contribution in [1.29, 1.82) is 0 Å². The van der Waals surface area contributed by atoms with E-state index in [4.69, 9.17) is 4.74 Å². The van der Waals surface area contributed by atoms with Crippen molar-refractivity contribution in [2.45, 2.75) is 71.6 Å². The monoisotopic (exact) mass is 353 g/mol. The van der Waals surface area contributed by atoms with E-state index in [1.54, 1.807) is 4.90 Å². The molecule has 1 N–H and O–H groups in total. The minimum Gasteiger partial charge on any atom is -0.444 e. The van der Waals surface area contributed by atoms with Crippen LogP contribution in [0, 0.1) is 0 Å². The molecule has 1 aromatic heterocycles. The number of amides is 2.